The van der Waals surface area contributed by atoms with E-state index in [-0.39, 0.29) is 12.2 Å². The van der Waals surface area contributed by atoms with Crippen LogP contribution in [-0.4, -0.2) is 92.5 Å². The van der Waals surface area contributed by atoms with Crippen LogP contribution in [-0.2, 0) is 9.47 Å². The molecule has 0 N–H and O–H groups in total. The first-order chi connectivity index (χ1) is 13.6. The molecule has 0 aromatic carbocycles. The van der Waals surface area contributed by atoms with Crippen LogP contribution in [0.4, 0.5) is 21.2 Å². The lowest BCUT2D eigenvalue weighted by atomic mass is 10.3. The zero-order chi connectivity index (χ0) is 19.9. The van der Waals surface area contributed by atoms with Crippen molar-refractivity contribution in [3.8, 4) is 0 Å². The van der Waals surface area contributed by atoms with E-state index in [9.17, 15) is 9.59 Å². The van der Waals surface area contributed by atoms with Gasteiger partial charge in [-0.15, -0.1) is 0 Å². The molecule has 2 amide bonds. The molecule has 9 heteroatoms. The van der Waals surface area contributed by atoms with Gasteiger partial charge in [0.2, 0.25) is 0 Å². The zero-order valence-electron chi connectivity index (χ0n) is 16.7. The van der Waals surface area contributed by atoms with E-state index in [4.69, 9.17) is 14.5 Å². The van der Waals surface area contributed by atoms with E-state index in [2.05, 4.69) is 9.80 Å². The van der Waals surface area contributed by atoms with Gasteiger partial charge in [0, 0.05) is 52.4 Å². The Balaban J connectivity index is 1.55. The molecule has 0 saturated carbocycles. The van der Waals surface area contributed by atoms with E-state index in [0.717, 1.165) is 37.8 Å². The van der Waals surface area contributed by atoms with Crippen molar-refractivity contribution in [3.05, 3.63) is 18.2 Å². The summed E-state index contributed by atoms with van der Waals surface area (Å²) in [6, 6.07) is 6.00. The molecule has 2 saturated heterocycles. The second-order valence-electron chi connectivity index (χ2n) is 6.70. The largest absolute Gasteiger partial charge is 0.450 e. The lowest BCUT2D eigenvalue weighted by Gasteiger charge is -2.36. The van der Waals surface area contributed by atoms with Crippen molar-refractivity contribution in [1.82, 2.24) is 14.8 Å². The maximum atomic E-state index is 11.8. The number of aromatic nitrogens is 1. The first-order valence-electron chi connectivity index (χ1n) is 9.92. The minimum Gasteiger partial charge on any atom is -0.450 e. The van der Waals surface area contributed by atoms with Gasteiger partial charge in [-0.3, -0.25) is 0 Å². The number of rotatable bonds is 4. The lowest BCUT2D eigenvalue weighted by molar-refractivity contribution is 0.104. The van der Waals surface area contributed by atoms with Gasteiger partial charge in [-0.2, -0.15) is 0 Å². The molecule has 0 spiro atoms. The molecule has 3 heterocycles. The molecule has 28 heavy (non-hydrogen) atoms. The van der Waals surface area contributed by atoms with E-state index < -0.39 is 0 Å². The summed E-state index contributed by atoms with van der Waals surface area (Å²) in [6.45, 7) is 9.85. The van der Waals surface area contributed by atoms with Crippen molar-refractivity contribution in [2.75, 3.05) is 75.4 Å². The van der Waals surface area contributed by atoms with Crippen LogP contribution >= 0.6 is 0 Å². The molecule has 9 nitrogen and oxygen atoms in total. The van der Waals surface area contributed by atoms with E-state index in [0.29, 0.717) is 39.4 Å². The van der Waals surface area contributed by atoms with Crippen LogP contribution in [0.1, 0.15) is 13.8 Å². The maximum Gasteiger partial charge on any atom is 0.409 e. The topological polar surface area (TPSA) is 78.5 Å². The SMILES string of the molecule is CCOC(=O)N1CCN(c2cccc(N3CCN(C(=O)OCC)CC3)n2)CC1. The highest BCUT2D eigenvalue weighted by molar-refractivity contribution is 5.68. The van der Waals surface area contributed by atoms with Gasteiger partial charge in [0.15, 0.2) is 0 Å². The fourth-order valence-electron chi connectivity index (χ4n) is 3.43. The van der Waals surface area contributed by atoms with Crippen LogP contribution in [0.15, 0.2) is 18.2 Å². The van der Waals surface area contributed by atoms with Gasteiger partial charge in [0.1, 0.15) is 11.6 Å². The van der Waals surface area contributed by atoms with Crippen molar-refractivity contribution in [2.24, 2.45) is 0 Å². The van der Waals surface area contributed by atoms with E-state index in [1.165, 1.54) is 0 Å². The second-order valence-corrected chi connectivity index (χ2v) is 6.70. The molecule has 1 aromatic heterocycles. The molecular weight excluding hydrogens is 362 g/mol. The van der Waals surface area contributed by atoms with Crippen LogP contribution in [0.3, 0.4) is 0 Å². The molecule has 0 aliphatic carbocycles. The van der Waals surface area contributed by atoms with E-state index in [1.807, 2.05) is 32.0 Å². The summed E-state index contributed by atoms with van der Waals surface area (Å²) in [5, 5.41) is 0. The molecule has 2 fully saturated rings. The van der Waals surface area contributed by atoms with Crippen LogP contribution in [0.5, 0.6) is 0 Å². The predicted molar refractivity (Wildman–Crippen MR) is 106 cm³/mol. The third kappa shape index (κ3) is 4.76. The van der Waals surface area contributed by atoms with E-state index >= 15 is 0 Å². The summed E-state index contributed by atoms with van der Waals surface area (Å²) < 4.78 is 10.1. The predicted octanol–water partition coefficient (Wildman–Crippen LogP) is 1.64. The summed E-state index contributed by atoms with van der Waals surface area (Å²) in [4.78, 5) is 36.3. The number of carbonyl (C=O) groups is 2. The normalized spacial score (nSPS) is 17.5. The highest BCUT2D eigenvalue weighted by Crippen LogP contribution is 2.20. The Bertz CT molecular complexity index is 617. The minimum absolute atomic E-state index is 0.247. The number of anilines is 2. The fourth-order valence-corrected chi connectivity index (χ4v) is 3.43. The Morgan fingerprint density at radius 1 is 0.786 bits per heavy atom. The monoisotopic (exact) mass is 391 g/mol. The average Bonchev–Trinajstić information content (AvgIpc) is 2.74. The second kappa shape index (κ2) is 9.48. The van der Waals surface area contributed by atoms with Gasteiger partial charge in [-0.25, -0.2) is 14.6 Å². The lowest BCUT2D eigenvalue weighted by Crippen LogP contribution is -2.50. The van der Waals surface area contributed by atoms with Crippen LogP contribution in [0.2, 0.25) is 0 Å². The Morgan fingerprint density at radius 2 is 1.18 bits per heavy atom. The summed E-state index contributed by atoms with van der Waals surface area (Å²) in [5.41, 5.74) is 0. The van der Waals surface area contributed by atoms with Crippen molar-refractivity contribution in [1.29, 1.82) is 0 Å². The first-order valence-corrected chi connectivity index (χ1v) is 9.92. The van der Waals surface area contributed by atoms with Crippen LogP contribution in [0.25, 0.3) is 0 Å². The molecule has 0 bridgehead atoms. The van der Waals surface area contributed by atoms with Gasteiger partial charge in [-0.1, -0.05) is 6.07 Å². The van der Waals surface area contributed by atoms with Crippen molar-refractivity contribution in [3.63, 3.8) is 0 Å². The Kier molecular flexibility index (Phi) is 6.78. The van der Waals surface area contributed by atoms with Crippen molar-refractivity contribution >= 4 is 23.8 Å². The van der Waals surface area contributed by atoms with Crippen LogP contribution in [0, 0.1) is 0 Å². The molecule has 0 unspecified atom stereocenters. The fraction of sp³-hybridized carbons (Fsp3) is 0.632. The smallest absolute Gasteiger partial charge is 0.409 e. The Morgan fingerprint density at radius 3 is 1.54 bits per heavy atom. The van der Waals surface area contributed by atoms with Crippen molar-refractivity contribution in [2.45, 2.75) is 13.8 Å². The number of carbonyl (C=O) groups excluding carboxylic acids is 2. The van der Waals surface area contributed by atoms with Gasteiger partial charge >= 0.3 is 12.2 Å². The van der Waals surface area contributed by atoms with Gasteiger partial charge in [0.05, 0.1) is 13.2 Å². The molecular formula is C19H29N5O4. The molecule has 2 aliphatic heterocycles. The summed E-state index contributed by atoms with van der Waals surface area (Å²) in [6.07, 6.45) is -0.494. The number of hydrogen-bond acceptors (Lipinski definition) is 7. The third-order valence-corrected chi connectivity index (χ3v) is 4.98. The highest BCUT2D eigenvalue weighted by atomic mass is 16.6. The first kappa shape index (κ1) is 20.0. The zero-order valence-corrected chi connectivity index (χ0v) is 16.7. The van der Waals surface area contributed by atoms with Crippen molar-refractivity contribution < 1.29 is 19.1 Å². The molecule has 2 aliphatic rings. The van der Waals surface area contributed by atoms with Gasteiger partial charge in [0.25, 0.3) is 0 Å². The highest BCUT2D eigenvalue weighted by Gasteiger charge is 2.25. The van der Waals surface area contributed by atoms with Crippen LogP contribution < -0.4 is 9.80 Å². The quantitative estimate of drug-likeness (QED) is 0.772. The number of amides is 2. The Hall–Kier alpha value is -2.71. The average molecular weight is 391 g/mol. The summed E-state index contributed by atoms with van der Waals surface area (Å²) in [7, 11) is 0. The number of ether oxygens (including phenoxy) is 2. The number of pyridine rings is 1. The molecule has 1 aromatic rings. The number of hydrogen-bond donors (Lipinski definition) is 0. The Labute approximate surface area is 165 Å². The summed E-state index contributed by atoms with van der Waals surface area (Å²) >= 11 is 0. The minimum atomic E-state index is -0.247. The van der Waals surface area contributed by atoms with Gasteiger partial charge < -0.3 is 29.1 Å². The van der Waals surface area contributed by atoms with Gasteiger partial charge in [-0.05, 0) is 26.0 Å². The maximum absolute atomic E-state index is 11.8. The van der Waals surface area contributed by atoms with E-state index in [1.54, 1.807) is 9.80 Å². The molecule has 154 valence electrons. The molecule has 0 atom stereocenters. The number of nitrogens with zero attached hydrogens (tertiary/aromatic N) is 5. The third-order valence-electron chi connectivity index (χ3n) is 4.98. The number of piperazine rings is 2. The molecule has 3 rings (SSSR count). The standard InChI is InChI=1S/C19H29N5O4/c1-3-27-18(25)23-12-8-21(9-13-23)16-6-5-7-17(20-16)22-10-14-24(15-11-22)19(26)28-4-2/h5-7H,3-4,8-15H2,1-2H3. The summed E-state index contributed by atoms with van der Waals surface area (Å²) in [5.74, 6) is 1.82. The molecule has 0 radical (unpaired) electrons.